The third kappa shape index (κ3) is 2.02. The molecule has 6 heteroatoms. The summed E-state index contributed by atoms with van der Waals surface area (Å²) in [6.07, 6.45) is 1.31. The Labute approximate surface area is 117 Å². The quantitative estimate of drug-likeness (QED) is 0.724. The smallest absolute Gasteiger partial charge is 0.258 e. The van der Waals surface area contributed by atoms with E-state index in [2.05, 4.69) is 9.97 Å². The molecule has 1 aromatic heterocycles. The van der Waals surface area contributed by atoms with Gasteiger partial charge in [-0.15, -0.1) is 0 Å². The molecule has 3 rings (SSSR count). The highest BCUT2D eigenvalue weighted by molar-refractivity contribution is 6.32. The third-order valence-electron chi connectivity index (χ3n) is 2.99. The van der Waals surface area contributed by atoms with Crippen LogP contribution in [0.5, 0.6) is 5.75 Å². The van der Waals surface area contributed by atoms with Crippen molar-refractivity contribution in [2.75, 3.05) is 0 Å². The molecule has 0 radical (unpaired) electrons. The van der Waals surface area contributed by atoms with E-state index in [0.29, 0.717) is 16.5 Å². The van der Waals surface area contributed by atoms with E-state index in [1.807, 2.05) is 0 Å². The van der Waals surface area contributed by atoms with Crippen LogP contribution in [0.1, 0.15) is 0 Å². The lowest BCUT2D eigenvalue weighted by molar-refractivity contribution is 0.469. The van der Waals surface area contributed by atoms with E-state index >= 15 is 0 Å². The number of rotatable bonds is 1. The summed E-state index contributed by atoms with van der Waals surface area (Å²) in [7, 11) is 0. The van der Waals surface area contributed by atoms with Crippen molar-refractivity contribution in [2.24, 2.45) is 0 Å². The van der Waals surface area contributed by atoms with Gasteiger partial charge >= 0.3 is 0 Å². The fourth-order valence-corrected chi connectivity index (χ4v) is 2.16. The highest BCUT2D eigenvalue weighted by Gasteiger charge is 2.11. The summed E-state index contributed by atoms with van der Waals surface area (Å²) in [6, 6.07) is 7.06. The van der Waals surface area contributed by atoms with Crippen LogP contribution in [0.2, 0.25) is 5.02 Å². The maximum atomic E-state index is 13.9. The van der Waals surface area contributed by atoms with Gasteiger partial charge in [-0.1, -0.05) is 17.7 Å². The van der Waals surface area contributed by atoms with E-state index in [1.54, 1.807) is 12.1 Å². The van der Waals surface area contributed by atoms with Crippen molar-refractivity contribution < 1.29 is 9.50 Å². The van der Waals surface area contributed by atoms with Gasteiger partial charge in [0.2, 0.25) is 0 Å². The van der Waals surface area contributed by atoms with Crippen molar-refractivity contribution in [1.82, 2.24) is 9.97 Å². The Hall–Kier alpha value is -2.40. The number of fused-ring (bicyclic) bond motifs is 1. The van der Waals surface area contributed by atoms with Crippen LogP contribution in [0, 0.1) is 5.82 Å². The predicted molar refractivity (Wildman–Crippen MR) is 74.4 cm³/mol. The maximum absolute atomic E-state index is 13.9. The topological polar surface area (TPSA) is 66.0 Å². The largest absolute Gasteiger partial charge is 0.506 e. The van der Waals surface area contributed by atoms with Crippen molar-refractivity contribution in [2.45, 2.75) is 0 Å². The molecule has 0 saturated heterocycles. The Morgan fingerprint density at radius 3 is 2.85 bits per heavy atom. The van der Waals surface area contributed by atoms with E-state index in [-0.39, 0.29) is 21.9 Å². The van der Waals surface area contributed by atoms with Gasteiger partial charge in [0, 0.05) is 11.6 Å². The number of aromatic amines is 1. The molecule has 2 aromatic carbocycles. The fourth-order valence-electron chi connectivity index (χ4n) is 1.99. The summed E-state index contributed by atoms with van der Waals surface area (Å²) < 4.78 is 13.9. The van der Waals surface area contributed by atoms with Crippen LogP contribution < -0.4 is 5.56 Å². The Morgan fingerprint density at radius 1 is 1.25 bits per heavy atom. The van der Waals surface area contributed by atoms with Crippen LogP contribution >= 0.6 is 11.6 Å². The van der Waals surface area contributed by atoms with Gasteiger partial charge in [0.05, 0.1) is 22.3 Å². The monoisotopic (exact) mass is 290 g/mol. The number of phenolic OH excluding ortho intramolecular Hbond substituents is 1. The zero-order valence-corrected chi connectivity index (χ0v) is 10.8. The molecule has 0 unspecified atom stereocenters. The molecule has 0 amide bonds. The summed E-state index contributed by atoms with van der Waals surface area (Å²) in [5.74, 6) is -0.945. The lowest BCUT2D eigenvalue weighted by Gasteiger charge is -2.06. The van der Waals surface area contributed by atoms with Crippen LogP contribution in [0.25, 0.3) is 22.0 Å². The second-order valence-electron chi connectivity index (χ2n) is 4.25. The second kappa shape index (κ2) is 4.61. The average Bonchev–Trinajstić information content (AvgIpc) is 2.43. The molecule has 100 valence electrons. The molecule has 4 nitrogen and oxygen atoms in total. The molecular formula is C14H8ClFN2O2. The predicted octanol–water partition coefficient (Wildman–Crippen LogP) is 3.09. The normalized spacial score (nSPS) is 10.9. The van der Waals surface area contributed by atoms with Crippen molar-refractivity contribution in [1.29, 1.82) is 0 Å². The molecule has 3 aromatic rings. The first-order valence-electron chi connectivity index (χ1n) is 5.72. The summed E-state index contributed by atoms with van der Waals surface area (Å²) in [5, 5.41) is 9.75. The second-order valence-corrected chi connectivity index (χ2v) is 4.65. The van der Waals surface area contributed by atoms with E-state index in [4.69, 9.17) is 11.6 Å². The van der Waals surface area contributed by atoms with Crippen molar-refractivity contribution in [3.63, 3.8) is 0 Å². The number of phenols is 1. The molecular weight excluding hydrogens is 283 g/mol. The molecule has 1 heterocycles. The summed E-state index contributed by atoms with van der Waals surface area (Å²) in [6.45, 7) is 0. The Morgan fingerprint density at radius 2 is 2.05 bits per heavy atom. The molecule has 0 spiro atoms. The minimum absolute atomic E-state index is 0.0431. The van der Waals surface area contributed by atoms with Crippen LogP contribution in [-0.4, -0.2) is 15.1 Å². The van der Waals surface area contributed by atoms with Gasteiger partial charge in [0.25, 0.3) is 5.56 Å². The van der Waals surface area contributed by atoms with Gasteiger partial charge in [-0.2, -0.15) is 0 Å². The molecule has 0 bridgehead atoms. The first-order valence-corrected chi connectivity index (χ1v) is 6.10. The van der Waals surface area contributed by atoms with Gasteiger partial charge in [-0.05, 0) is 23.8 Å². The standard InChI is InChI=1S/C14H8ClFN2O2/c15-10-4-8(11(16)5-13(10)19)7-1-2-12-9(3-7)14(20)18-6-17-12/h1-6,19H,(H,17,18,20). The number of H-pyrrole nitrogens is 1. The average molecular weight is 291 g/mol. The van der Waals surface area contributed by atoms with E-state index in [0.717, 1.165) is 6.07 Å². The lowest BCUT2D eigenvalue weighted by atomic mass is 10.0. The van der Waals surface area contributed by atoms with Crippen LogP contribution in [0.3, 0.4) is 0 Å². The summed E-state index contributed by atoms with van der Waals surface area (Å²) >= 11 is 5.79. The molecule has 0 aliphatic carbocycles. The van der Waals surface area contributed by atoms with Gasteiger partial charge in [0.15, 0.2) is 0 Å². The molecule has 20 heavy (non-hydrogen) atoms. The Kier molecular flexibility index (Phi) is 2.91. The molecule has 2 N–H and O–H groups in total. The molecule has 0 atom stereocenters. The first kappa shape index (κ1) is 12.6. The lowest BCUT2D eigenvalue weighted by Crippen LogP contribution is -2.06. The first-order chi connectivity index (χ1) is 9.56. The molecule has 0 aliphatic rings. The number of benzene rings is 2. The minimum Gasteiger partial charge on any atom is -0.506 e. The zero-order chi connectivity index (χ0) is 14.3. The third-order valence-corrected chi connectivity index (χ3v) is 3.29. The van der Waals surface area contributed by atoms with E-state index < -0.39 is 5.82 Å². The Balaban J connectivity index is 2.28. The summed E-state index contributed by atoms with van der Waals surface area (Å²) in [4.78, 5) is 18.2. The van der Waals surface area contributed by atoms with Crippen molar-refractivity contribution in [3.05, 3.63) is 57.9 Å². The van der Waals surface area contributed by atoms with E-state index in [9.17, 15) is 14.3 Å². The number of halogens is 2. The highest BCUT2D eigenvalue weighted by atomic mass is 35.5. The number of aromatic hydroxyl groups is 1. The number of nitrogens with one attached hydrogen (secondary N) is 1. The van der Waals surface area contributed by atoms with Crippen molar-refractivity contribution in [3.8, 4) is 16.9 Å². The SMILES string of the molecule is O=c1[nH]cnc2ccc(-c3cc(Cl)c(O)cc3F)cc12. The molecule has 0 aliphatic heterocycles. The van der Waals surface area contributed by atoms with Crippen molar-refractivity contribution >= 4 is 22.5 Å². The Bertz CT molecular complexity index is 877. The molecule has 0 saturated carbocycles. The van der Waals surface area contributed by atoms with E-state index in [1.165, 1.54) is 18.5 Å². The van der Waals surface area contributed by atoms with Gasteiger partial charge in [-0.25, -0.2) is 9.37 Å². The summed E-state index contributed by atoms with van der Waals surface area (Å²) in [5.41, 5.74) is 0.901. The number of hydrogen-bond acceptors (Lipinski definition) is 3. The number of aromatic nitrogens is 2. The van der Waals surface area contributed by atoms with Crippen LogP contribution in [-0.2, 0) is 0 Å². The fraction of sp³-hybridized carbons (Fsp3) is 0. The minimum atomic E-state index is -0.619. The van der Waals surface area contributed by atoms with Gasteiger partial charge in [0.1, 0.15) is 11.6 Å². The number of nitrogens with zero attached hydrogens (tertiary/aromatic N) is 1. The number of hydrogen-bond donors (Lipinski definition) is 2. The zero-order valence-electron chi connectivity index (χ0n) is 10.0. The van der Waals surface area contributed by atoms with Crippen LogP contribution in [0.4, 0.5) is 4.39 Å². The van der Waals surface area contributed by atoms with Gasteiger partial charge in [-0.3, -0.25) is 4.79 Å². The van der Waals surface area contributed by atoms with Gasteiger partial charge < -0.3 is 10.1 Å². The highest BCUT2D eigenvalue weighted by Crippen LogP contribution is 2.32. The van der Waals surface area contributed by atoms with Crippen LogP contribution in [0.15, 0.2) is 41.5 Å². The molecule has 0 fully saturated rings. The maximum Gasteiger partial charge on any atom is 0.258 e.